The third-order valence-corrected chi connectivity index (χ3v) is 7.41. The summed E-state index contributed by atoms with van der Waals surface area (Å²) in [5.41, 5.74) is 13.5. The molecule has 7 heteroatoms. The first-order valence-electron chi connectivity index (χ1n) is 9.27. The van der Waals surface area contributed by atoms with Gasteiger partial charge in [-0.05, 0) is 61.1 Å². The van der Waals surface area contributed by atoms with E-state index in [4.69, 9.17) is 46.3 Å². The number of benzene rings is 2. The summed E-state index contributed by atoms with van der Waals surface area (Å²) in [4.78, 5) is 12.8. The zero-order chi connectivity index (χ0) is 20.3. The maximum Gasteiger partial charge on any atom is 0.242 e. The van der Waals surface area contributed by atoms with Crippen molar-refractivity contribution in [2.24, 2.45) is 11.5 Å². The number of nitrogens with one attached hydrogen (secondary N) is 1. The third kappa shape index (κ3) is 2.78. The Kier molecular flexibility index (Phi) is 4.92. The summed E-state index contributed by atoms with van der Waals surface area (Å²) in [6.07, 6.45) is 1.16. The van der Waals surface area contributed by atoms with Crippen LogP contribution in [0, 0.1) is 0 Å². The van der Waals surface area contributed by atoms with Gasteiger partial charge in [-0.3, -0.25) is 4.79 Å². The highest BCUT2D eigenvalue weighted by atomic mass is 35.5. The largest absolute Gasteiger partial charge is 0.350 e. The van der Waals surface area contributed by atoms with Crippen LogP contribution in [0.1, 0.15) is 42.7 Å². The van der Waals surface area contributed by atoms with Crippen LogP contribution in [-0.4, -0.2) is 23.0 Å². The Morgan fingerprint density at radius 1 is 1.04 bits per heavy atom. The van der Waals surface area contributed by atoms with E-state index in [-0.39, 0.29) is 23.8 Å². The molecule has 1 aliphatic heterocycles. The van der Waals surface area contributed by atoms with Gasteiger partial charge in [0.15, 0.2) is 0 Å². The lowest BCUT2D eigenvalue weighted by molar-refractivity contribution is -0.125. The molecule has 1 saturated carbocycles. The lowest BCUT2D eigenvalue weighted by Gasteiger charge is -2.53. The van der Waals surface area contributed by atoms with Crippen molar-refractivity contribution in [2.75, 3.05) is 0 Å². The van der Waals surface area contributed by atoms with Crippen LogP contribution in [-0.2, 0) is 4.79 Å². The Morgan fingerprint density at radius 2 is 1.68 bits per heavy atom. The van der Waals surface area contributed by atoms with E-state index in [1.54, 1.807) is 6.07 Å². The van der Waals surface area contributed by atoms with E-state index < -0.39 is 11.1 Å². The highest BCUT2D eigenvalue weighted by Crippen LogP contribution is 2.56. The van der Waals surface area contributed by atoms with Gasteiger partial charge in [-0.2, -0.15) is 0 Å². The Morgan fingerprint density at radius 3 is 2.32 bits per heavy atom. The molecule has 1 amide bonds. The van der Waals surface area contributed by atoms with E-state index in [1.165, 1.54) is 0 Å². The monoisotopic (exact) mass is 437 g/mol. The molecule has 148 valence electrons. The molecule has 0 radical (unpaired) electrons. The van der Waals surface area contributed by atoms with Gasteiger partial charge in [0.1, 0.15) is 5.54 Å². The van der Waals surface area contributed by atoms with Gasteiger partial charge >= 0.3 is 0 Å². The molecule has 4 rings (SSSR count). The van der Waals surface area contributed by atoms with Crippen LogP contribution in [0.4, 0.5) is 0 Å². The Hall–Kier alpha value is -1.30. The maximum absolute atomic E-state index is 12.8. The molecule has 5 unspecified atom stereocenters. The van der Waals surface area contributed by atoms with Crippen molar-refractivity contribution in [1.29, 1.82) is 0 Å². The number of carbonyl (C=O) groups is 1. The van der Waals surface area contributed by atoms with E-state index in [0.29, 0.717) is 27.9 Å². The Balaban J connectivity index is 1.92. The Labute approximate surface area is 179 Å². The number of hydrogen-bond acceptors (Lipinski definition) is 3. The zero-order valence-electron chi connectivity index (χ0n) is 15.4. The average Bonchev–Trinajstić information content (AvgIpc) is 2.82. The minimum absolute atomic E-state index is 0.0113. The first-order chi connectivity index (χ1) is 13.2. The fourth-order valence-electron chi connectivity index (χ4n) is 5.10. The highest BCUT2D eigenvalue weighted by Gasteiger charge is 2.67. The predicted molar refractivity (Wildman–Crippen MR) is 114 cm³/mol. The quantitative estimate of drug-likeness (QED) is 0.656. The molecule has 1 saturated heterocycles. The summed E-state index contributed by atoms with van der Waals surface area (Å²) in [6.45, 7) is 1.92. The number of rotatable bonds is 2. The average molecular weight is 439 g/mol. The van der Waals surface area contributed by atoms with Crippen LogP contribution >= 0.6 is 34.8 Å². The van der Waals surface area contributed by atoms with Gasteiger partial charge in [0.25, 0.3) is 0 Å². The van der Waals surface area contributed by atoms with Gasteiger partial charge in [-0.25, -0.2) is 0 Å². The van der Waals surface area contributed by atoms with E-state index >= 15 is 0 Å². The van der Waals surface area contributed by atoms with E-state index in [9.17, 15) is 4.79 Å². The molecule has 28 heavy (non-hydrogen) atoms. The molecule has 0 spiro atoms. The summed E-state index contributed by atoms with van der Waals surface area (Å²) in [5, 5.41) is 4.79. The van der Waals surface area contributed by atoms with E-state index in [2.05, 4.69) is 5.32 Å². The molecule has 2 fully saturated rings. The van der Waals surface area contributed by atoms with Crippen molar-refractivity contribution in [3.8, 4) is 0 Å². The molecule has 0 bridgehead atoms. The minimum atomic E-state index is -1.15. The molecular formula is C21H22Cl3N3O. The second kappa shape index (κ2) is 6.89. The number of halogens is 3. The lowest BCUT2D eigenvalue weighted by atomic mass is 9.54. The first kappa shape index (κ1) is 20.0. The van der Waals surface area contributed by atoms with Gasteiger partial charge in [-0.15, -0.1) is 0 Å². The van der Waals surface area contributed by atoms with Crippen molar-refractivity contribution in [3.05, 3.63) is 68.7 Å². The van der Waals surface area contributed by atoms with Crippen molar-refractivity contribution < 1.29 is 4.79 Å². The SMILES string of the molecule is CC1NC(=O)C2(N)CCC(c3ccc(Cl)cc3Cl)C(c3ccc(Cl)cc3)C12N. The van der Waals surface area contributed by atoms with Gasteiger partial charge < -0.3 is 16.8 Å². The summed E-state index contributed by atoms with van der Waals surface area (Å²) in [5.74, 6) is -0.430. The van der Waals surface area contributed by atoms with Crippen LogP contribution in [0.2, 0.25) is 15.1 Å². The number of nitrogens with two attached hydrogens (primary N) is 2. The molecule has 1 aliphatic carbocycles. The van der Waals surface area contributed by atoms with Gasteiger partial charge in [0.05, 0.1) is 5.54 Å². The van der Waals surface area contributed by atoms with Crippen LogP contribution in [0.5, 0.6) is 0 Å². The third-order valence-electron chi connectivity index (χ3n) is 6.60. The number of fused-ring (bicyclic) bond motifs is 1. The van der Waals surface area contributed by atoms with Crippen LogP contribution in [0.3, 0.4) is 0 Å². The fraction of sp³-hybridized carbons (Fsp3) is 0.381. The summed E-state index contributed by atoms with van der Waals surface area (Å²) >= 11 is 18.8. The van der Waals surface area contributed by atoms with Crippen LogP contribution < -0.4 is 16.8 Å². The zero-order valence-corrected chi connectivity index (χ0v) is 17.7. The lowest BCUT2D eigenvalue weighted by Crippen LogP contribution is -2.73. The van der Waals surface area contributed by atoms with Crippen molar-refractivity contribution in [3.63, 3.8) is 0 Å². The number of hydrogen-bond donors (Lipinski definition) is 3. The number of carbonyl (C=O) groups excluding carboxylic acids is 1. The highest BCUT2D eigenvalue weighted by molar-refractivity contribution is 6.35. The predicted octanol–water partition coefficient (Wildman–Crippen LogP) is 4.22. The van der Waals surface area contributed by atoms with Crippen molar-refractivity contribution in [1.82, 2.24) is 5.32 Å². The molecule has 2 aliphatic rings. The van der Waals surface area contributed by atoms with Crippen LogP contribution in [0.25, 0.3) is 0 Å². The molecule has 4 nitrogen and oxygen atoms in total. The summed E-state index contributed by atoms with van der Waals surface area (Å²) in [7, 11) is 0. The van der Waals surface area contributed by atoms with Crippen molar-refractivity contribution in [2.45, 2.75) is 48.7 Å². The maximum atomic E-state index is 12.8. The molecule has 2 aromatic rings. The van der Waals surface area contributed by atoms with Crippen molar-refractivity contribution >= 4 is 40.7 Å². The molecule has 5 N–H and O–H groups in total. The molecular weight excluding hydrogens is 417 g/mol. The normalized spacial score (nSPS) is 34.8. The molecule has 1 heterocycles. The molecule has 0 aromatic heterocycles. The standard InChI is InChI=1S/C21H22Cl3N3O/c1-11-21(26)18(12-2-4-13(22)5-3-12)16(8-9-20(21,25)19(28)27-11)15-7-6-14(23)10-17(15)24/h2-7,10-11,16,18H,8-9,25-26H2,1H3,(H,27,28). The van der Waals surface area contributed by atoms with Gasteiger partial charge in [0, 0.05) is 27.0 Å². The fourth-order valence-corrected chi connectivity index (χ4v) is 5.78. The van der Waals surface area contributed by atoms with Gasteiger partial charge in [-0.1, -0.05) is 53.0 Å². The minimum Gasteiger partial charge on any atom is -0.350 e. The topological polar surface area (TPSA) is 81.1 Å². The first-order valence-corrected chi connectivity index (χ1v) is 10.4. The molecule has 5 atom stereocenters. The summed E-state index contributed by atoms with van der Waals surface area (Å²) < 4.78 is 0. The Bertz CT molecular complexity index is 935. The van der Waals surface area contributed by atoms with Gasteiger partial charge in [0.2, 0.25) is 5.91 Å². The summed E-state index contributed by atoms with van der Waals surface area (Å²) in [6, 6.07) is 12.8. The second-order valence-corrected chi connectivity index (χ2v) is 9.22. The van der Waals surface area contributed by atoms with Crippen LogP contribution in [0.15, 0.2) is 42.5 Å². The second-order valence-electron chi connectivity index (χ2n) is 7.94. The molecule has 2 aromatic carbocycles. The van der Waals surface area contributed by atoms with E-state index in [1.807, 2.05) is 43.3 Å². The smallest absolute Gasteiger partial charge is 0.242 e. The van der Waals surface area contributed by atoms with E-state index in [0.717, 1.165) is 11.1 Å². The number of amides is 1.